The van der Waals surface area contributed by atoms with E-state index >= 15 is 0 Å². The van der Waals surface area contributed by atoms with Crippen LogP contribution in [0.25, 0.3) is 89.2 Å². The van der Waals surface area contributed by atoms with Crippen LogP contribution in [0.15, 0.2) is 228 Å². The first-order valence-electron chi connectivity index (χ1n) is 22.6. The predicted octanol–water partition coefficient (Wildman–Crippen LogP) is 13.2. The van der Waals surface area contributed by atoms with E-state index in [1.165, 1.54) is 11.1 Å². The summed E-state index contributed by atoms with van der Waals surface area (Å²) in [6, 6.07) is 72.9. The number of aromatic nitrogens is 5. The average Bonchev–Trinajstić information content (AvgIpc) is 3.40. The molecule has 68 heavy (non-hydrogen) atoms. The summed E-state index contributed by atoms with van der Waals surface area (Å²) < 4.78 is 4.28. The van der Waals surface area contributed by atoms with Gasteiger partial charge in [-0.15, -0.1) is 0 Å². The van der Waals surface area contributed by atoms with Crippen molar-refractivity contribution in [1.82, 2.24) is 24.1 Å². The SMILES string of the molecule is O=c1c2ccccc2n(-c2cccc(-c3nc(-c4cccc(N5c6ccccc6Cc6ccccc65)c4)nc(-c4cccc(-n5c6ccccc6c(=O)c6ccccc65)c4)n3)c2)c2ccccc12. The van der Waals surface area contributed by atoms with Crippen molar-refractivity contribution in [2.75, 3.05) is 4.90 Å². The number of fused-ring (bicyclic) bond motifs is 6. The molecule has 4 heterocycles. The third-order valence-corrected chi connectivity index (χ3v) is 13.1. The number of benzene rings is 9. The van der Waals surface area contributed by atoms with Crippen molar-refractivity contribution in [3.05, 3.63) is 250 Å². The van der Waals surface area contributed by atoms with E-state index in [0.29, 0.717) is 39.0 Å². The van der Waals surface area contributed by atoms with Crippen LogP contribution >= 0.6 is 0 Å². The van der Waals surface area contributed by atoms with Crippen LogP contribution in [-0.4, -0.2) is 24.1 Å². The lowest BCUT2D eigenvalue weighted by Gasteiger charge is -2.33. The molecule has 0 radical (unpaired) electrons. The second kappa shape index (κ2) is 15.7. The van der Waals surface area contributed by atoms with Gasteiger partial charge in [0.15, 0.2) is 28.3 Å². The zero-order chi connectivity index (χ0) is 45.3. The number of hydrogen-bond acceptors (Lipinski definition) is 6. The summed E-state index contributed by atoms with van der Waals surface area (Å²) in [5, 5.41) is 2.57. The molecular formula is C60H38N6O2. The number of pyridine rings is 2. The molecule has 13 rings (SSSR count). The Balaban J connectivity index is 1.02. The number of anilines is 3. The van der Waals surface area contributed by atoms with Crippen LogP contribution < -0.4 is 15.8 Å². The van der Waals surface area contributed by atoms with Gasteiger partial charge in [0.25, 0.3) is 0 Å². The van der Waals surface area contributed by atoms with Gasteiger partial charge in [-0.1, -0.05) is 121 Å². The molecule has 12 aromatic rings. The number of hydrogen-bond donors (Lipinski definition) is 0. The van der Waals surface area contributed by atoms with E-state index < -0.39 is 0 Å². The smallest absolute Gasteiger partial charge is 0.197 e. The first kappa shape index (κ1) is 39.1. The van der Waals surface area contributed by atoms with E-state index in [0.717, 1.165) is 73.6 Å². The second-order valence-electron chi connectivity index (χ2n) is 17.1. The van der Waals surface area contributed by atoms with Crippen LogP contribution in [0.1, 0.15) is 11.1 Å². The normalized spacial score (nSPS) is 12.1. The van der Waals surface area contributed by atoms with Crippen molar-refractivity contribution in [2.45, 2.75) is 6.42 Å². The van der Waals surface area contributed by atoms with Crippen molar-refractivity contribution in [2.24, 2.45) is 0 Å². The van der Waals surface area contributed by atoms with E-state index in [1.54, 1.807) is 0 Å². The Morgan fingerprint density at radius 2 is 0.647 bits per heavy atom. The Morgan fingerprint density at radius 1 is 0.324 bits per heavy atom. The van der Waals surface area contributed by atoms with E-state index in [2.05, 4.69) is 111 Å². The van der Waals surface area contributed by atoms with Crippen LogP contribution in [0, 0.1) is 0 Å². The van der Waals surface area contributed by atoms with Gasteiger partial charge < -0.3 is 14.0 Å². The third kappa shape index (κ3) is 6.34. The highest BCUT2D eigenvalue weighted by Gasteiger charge is 2.25. The van der Waals surface area contributed by atoms with Crippen LogP contribution in [0.2, 0.25) is 0 Å². The minimum atomic E-state index is -0.000486. The molecule has 320 valence electrons. The molecular weight excluding hydrogens is 837 g/mol. The average molecular weight is 875 g/mol. The molecule has 0 spiro atoms. The predicted molar refractivity (Wildman–Crippen MR) is 275 cm³/mol. The molecule has 8 heteroatoms. The fraction of sp³-hybridized carbons (Fsp3) is 0.0167. The zero-order valence-electron chi connectivity index (χ0n) is 36.5. The molecule has 0 amide bonds. The summed E-state index contributed by atoms with van der Waals surface area (Å²) in [5.41, 5.74) is 13.1. The summed E-state index contributed by atoms with van der Waals surface area (Å²) in [4.78, 5) is 45.7. The maximum atomic E-state index is 13.8. The van der Waals surface area contributed by atoms with E-state index in [9.17, 15) is 9.59 Å². The van der Waals surface area contributed by atoms with Crippen LogP contribution in [0.3, 0.4) is 0 Å². The number of para-hydroxylation sites is 6. The third-order valence-electron chi connectivity index (χ3n) is 13.1. The number of rotatable bonds is 6. The molecule has 8 nitrogen and oxygen atoms in total. The van der Waals surface area contributed by atoms with Gasteiger partial charge in [-0.25, -0.2) is 15.0 Å². The Bertz CT molecular complexity index is 3790. The lowest BCUT2D eigenvalue weighted by molar-refractivity contribution is 1.07. The highest BCUT2D eigenvalue weighted by atomic mass is 16.1. The van der Waals surface area contributed by atoms with Crippen LogP contribution in [0.5, 0.6) is 0 Å². The Kier molecular flexibility index (Phi) is 9.04. The lowest BCUT2D eigenvalue weighted by atomic mass is 9.95. The van der Waals surface area contributed by atoms with Crippen LogP contribution in [-0.2, 0) is 6.42 Å². The van der Waals surface area contributed by atoms with Crippen LogP contribution in [0.4, 0.5) is 17.1 Å². The quantitative estimate of drug-likeness (QED) is 0.155. The Hall–Kier alpha value is -9.27. The van der Waals surface area contributed by atoms with Gasteiger partial charge in [0.1, 0.15) is 0 Å². The topological polar surface area (TPSA) is 85.9 Å². The fourth-order valence-corrected chi connectivity index (χ4v) is 10.0. The second-order valence-corrected chi connectivity index (χ2v) is 17.1. The van der Waals surface area contributed by atoms with Gasteiger partial charge in [0.2, 0.25) is 0 Å². The van der Waals surface area contributed by atoms with E-state index in [1.807, 2.05) is 121 Å². The van der Waals surface area contributed by atoms with E-state index in [4.69, 9.17) is 15.0 Å². The standard InChI is InChI=1S/C60H38N6O2/c67-56-46-24-3-9-30-52(46)65(53-31-10-4-25-47(53)56)44-22-14-19-41(36-44)59-61-58(40-18-13-21-43(35-40)64-50-28-7-1-16-38(50)34-39-17-2-8-29-51(39)64)62-60(63-59)42-20-15-23-45(37-42)66-54-32-11-5-26-48(54)57(68)49-27-6-12-33-55(49)66/h1-33,35-37H,34H2. The van der Waals surface area contributed by atoms with Gasteiger partial charge in [-0.2, -0.15) is 0 Å². The highest BCUT2D eigenvalue weighted by Crippen LogP contribution is 2.44. The molecule has 0 fully saturated rings. The molecule has 3 aromatic heterocycles. The first-order chi connectivity index (χ1) is 33.6. The Labute approximate surface area is 390 Å². The van der Waals surface area contributed by atoms with Gasteiger partial charge in [-0.05, 0) is 108 Å². The molecule has 0 saturated heterocycles. The first-order valence-corrected chi connectivity index (χ1v) is 22.6. The molecule has 0 atom stereocenters. The minimum Gasteiger partial charge on any atom is -0.310 e. The largest absolute Gasteiger partial charge is 0.310 e. The van der Waals surface area contributed by atoms with Gasteiger partial charge in [-0.3, -0.25) is 9.59 Å². The summed E-state index contributed by atoms with van der Waals surface area (Å²) >= 11 is 0. The summed E-state index contributed by atoms with van der Waals surface area (Å²) in [6.07, 6.45) is 0.858. The molecule has 1 aliphatic heterocycles. The maximum absolute atomic E-state index is 13.8. The highest BCUT2D eigenvalue weighted by molar-refractivity contribution is 5.97. The Morgan fingerprint density at radius 3 is 1.04 bits per heavy atom. The van der Waals surface area contributed by atoms with Crippen molar-refractivity contribution in [1.29, 1.82) is 0 Å². The summed E-state index contributed by atoms with van der Waals surface area (Å²) in [5.74, 6) is 1.50. The molecule has 0 N–H and O–H groups in total. The zero-order valence-corrected chi connectivity index (χ0v) is 36.5. The fourth-order valence-electron chi connectivity index (χ4n) is 10.0. The van der Waals surface area contributed by atoms with Gasteiger partial charge in [0.05, 0.1) is 22.1 Å². The summed E-state index contributed by atoms with van der Waals surface area (Å²) in [7, 11) is 0. The molecule has 0 saturated carbocycles. The maximum Gasteiger partial charge on any atom is 0.197 e. The molecule has 0 aliphatic carbocycles. The number of nitrogens with zero attached hydrogens (tertiary/aromatic N) is 6. The molecule has 0 bridgehead atoms. The van der Waals surface area contributed by atoms with Crippen molar-refractivity contribution < 1.29 is 0 Å². The lowest BCUT2D eigenvalue weighted by Crippen LogP contribution is -2.18. The monoisotopic (exact) mass is 874 g/mol. The van der Waals surface area contributed by atoms with Gasteiger partial charge in [0, 0.05) is 73.1 Å². The molecule has 0 unspecified atom stereocenters. The summed E-state index contributed by atoms with van der Waals surface area (Å²) in [6.45, 7) is 0. The molecule has 9 aromatic carbocycles. The minimum absolute atomic E-state index is 0.000486. The van der Waals surface area contributed by atoms with Crippen molar-refractivity contribution in [3.8, 4) is 45.5 Å². The molecule has 1 aliphatic rings. The van der Waals surface area contributed by atoms with Crippen molar-refractivity contribution >= 4 is 60.7 Å². The van der Waals surface area contributed by atoms with Crippen molar-refractivity contribution in [3.63, 3.8) is 0 Å². The van der Waals surface area contributed by atoms with Gasteiger partial charge >= 0.3 is 0 Å². The van der Waals surface area contributed by atoms with E-state index in [-0.39, 0.29) is 10.9 Å².